The molecule has 0 radical (unpaired) electrons. The van der Waals surface area contributed by atoms with E-state index in [4.69, 9.17) is 27.9 Å². The molecule has 0 aliphatic carbocycles. The average molecular weight is 393 g/mol. The molecule has 2 aromatic carbocycles. The third kappa shape index (κ3) is 4.50. The van der Waals surface area contributed by atoms with Crippen LogP contribution in [0.4, 0.5) is 0 Å². The van der Waals surface area contributed by atoms with Gasteiger partial charge in [0.2, 0.25) is 0 Å². The highest BCUT2D eigenvalue weighted by atomic mass is 35.5. The van der Waals surface area contributed by atoms with Gasteiger partial charge in [-0.3, -0.25) is 4.79 Å². The first-order valence-electron chi connectivity index (χ1n) is 8.74. The zero-order valence-electron chi connectivity index (χ0n) is 14.7. The Balaban J connectivity index is 1.75. The van der Waals surface area contributed by atoms with Gasteiger partial charge in [0, 0.05) is 18.1 Å². The lowest BCUT2D eigenvalue weighted by Gasteiger charge is -2.32. The second-order valence-electron chi connectivity index (χ2n) is 6.47. The number of likely N-dealkylation sites (tertiary alicyclic amines) is 1. The molecule has 0 atom stereocenters. The average Bonchev–Trinajstić information content (AvgIpc) is 2.65. The van der Waals surface area contributed by atoms with Gasteiger partial charge in [-0.25, -0.2) is 0 Å². The lowest BCUT2D eigenvalue weighted by Crippen LogP contribution is -2.40. The summed E-state index contributed by atoms with van der Waals surface area (Å²) in [5, 5.41) is 4.16. The van der Waals surface area contributed by atoms with Crippen molar-refractivity contribution in [3.8, 4) is 11.5 Å². The van der Waals surface area contributed by atoms with Gasteiger partial charge in [-0.05, 0) is 62.7 Å². The van der Waals surface area contributed by atoms with Gasteiger partial charge in [0.25, 0.3) is 5.91 Å². The van der Waals surface area contributed by atoms with E-state index < -0.39 is 0 Å². The molecule has 4 nitrogen and oxygen atoms in total. The number of piperidine rings is 1. The predicted octanol–water partition coefficient (Wildman–Crippen LogP) is 4.86. The molecule has 0 spiro atoms. The zero-order valence-corrected chi connectivity index (χ0v) is 16.2. The summed E-state index contributed by atoms with van der Waals surface area (Å²) in [6.07, 6.45) is 2.03. The summed E-state index contributed by atoms with van der Waals surface area (Å²) < 4.78 is 5.92. The molecule has 1 heterocycles. The Kier molecular flexibility index (Phi) is 6.41. The minimum absolute atomic E-state index is 0.00593. The van der Waals surface area contributed by atoms with E-state index in [1.807, 2.05) is 24.1 Å². The molecule has 0 bridgehead atoms. The molecule has 3 rings (SSSR count). The number of rotatable bonds is 5. The topological polar surface area (TPSA) is 41.6 Å². The number of benzene rings is 2. The molecule has 1 aliphatic rings. The number of hydrogen-bond donors (Lipinski definition) is 1. The van der Waals surface area contributed by atoms with E-state index in [0.717, 1.165) is 32.5 Å². The third-order valence-corrected chi connectivity index (χ3v) is 5.16. The van der Waals surface area contributed by atoms with Crippen molar-refractivity contribution in [2.75, 3.05) is 26.7 Å². The zero-order chi connectivity index (χ0) is 18.5. The normalized spacial score (nSPS) is 15.1. The monoisotopic (exact) mass is 392 g/mol. The Morgan fingerprint density at radius 1 is 1.15 bits per heavy atom. The molecule has 0 saturated carbocycles. The number of carbonyl (C=O) groups is 1. The Morgan fingerprint density at radius 3 is 2.58 bits per heavy atom. The molecule has 0 aromatic heterocycles. The minimum atomic E-state index is -0.00593. The van der Waals surface area contributed by atoms with Crippen LogP contribution in [0.3, 0.4) is 0 Å². The molecule has 1 saturated heterocycles. The number of amides is 1. The third-order valence-electron chi connectivity index (χ3n) is 4.63. The molecule has 6 heteroatoms. The summed E-state index contributed by atoms with van der Waals surface area (Å²) in [5.74, 6) is 1.60. The first kappa shape index (κ1) is 19.0. The lowest BCUT2D eigenvalue weighted by atomic mass is 9.96. The second kappa shape index (κ2) is 8.76. The second-order valence-corrected chi connectivity index (χ2v) is 7.31. The molecule has 138 valence electrons. The number of nitrogens with one attached hydrogen (secondary N) is 1. The van der Waals surface area contributed by atoms with Crippen LogP contribution in [-0.2, 0) is 0 Å². The van der Waals surface area contributed by atoms with E-state index in [1.54, 1.807) is 30.3 Å². The number of para-hydroxylation sites is 1. The number of halogens is 2. The van der Waals surface area contributed by atoms with Crippen molar-refractivity contribution in [3.05, 3.63) is 58.1 Å². The fraction of sp³-hybridized carbons (Fsp3) is 0.350. The van der Waals surface area contributed by atoms with Gasteiger partial charge in [-0.15, -0.1) is 0 Å². The fourth-order valence-electron chi connectivity index (χ4n) is 3.21. The molecule has 2 aromatic rings. The van der Waals surface area contributed by atoms with E-state index in [1.165, 1.54) is 0 Å². The SMILES string of the molecule is CNCC1CCN(C(=O)c2ccccc2Oc2ccc(Cl)cc2Cl)CC1. The summed E-state index contributed by atoms with van der Waals surface area (Å²) in [6, 6.07) is 12.3. The first-order chi connectivity index (χ1) is 12.6. The van der Waals surface area contributed by atoms with Crippen molar-refractivity contribution in [1.29, 1.82) is 0 Å². The van der Waals surface area contributed by atoms with Crippen molar-refractivity contribution in [1.82, 2.24) is 10.2 Å². The Bertz CT molecular complexity index is 774. The van der Waals surface area contributed by atoms with Crippen LogP contribution in [0.25, 0.3) is 0 Å². The van der Waals surface area contributed by atoms with Crippen LogP contribution >= 0.6 is 23.2 Å². The Morgan fingerprint density at radius 2 is 1.88 bits per heavy atom. The first-order valence-corrected chi connectivity index (χ1v) is 9.50. The van der Waals surface area contributed by atoms with Crippen LogP contribution in [0, 0.1) is 5.92 Å². The van der Waals surface area contributed by atoms with E-state index in [2.05, 4.69) is 5.32 Å². The largest absolute Gasteiger partial charge is 0.455 e. The number of carbonyl (C=O) groups excluding carboxylic acids is 1. The van der Waals surface area contributed by atoms with E-state index in [9.17, 15) is 4.79 Å². The van der Waals surface area contributed by atoms with Gasteiger partial charge >= 0.3 is 0 Å². The number of ether oxygens (including phenoxy) is 1. The van der Waals surface area contributed by atoms with Gasteiger partial charge in [0.15, 0.2) is 0 Å². The molecule has 1 fully saturated rings. The Labute approximate surface area is 164 Å². The molecule has 0 unspecified atom stereocenters. The van der Waals surface area contributed by atoms with Gasteiger partial charge in [-0.2, -0.15) is 0 Å². The fourth-order valence-corrected chi connectivity index (χ4v) is 3.66. The highest BCUT2D eigenvalue weighted by molar-refractivity contribution is 6.35. The van der Waals surface area contributed by atoms with Crippen LogP contribution in [0.2, 0.25) is 10.0 Å². The molecule has 26 heavy (non-hydrogen) atoms. The van der Waals surface area contributed by atoms with E-state index >= 15 is 0 Å². The predicted molar refractivity (Wildman–Crippen MR) is 106 cm³/mol. The van der Waals surface area contributed by atoms with Crippen molar-refractivity contribution in [2.24, 2.45) is 5.92 Å². The van der Waals surface area contributed by atoms with E-state index in [0.29, 0.717) is 33.0 Å². The molecule has 1 N–H and O–H groups in total. The van der Waals surface area contributed by atoms with E-state index in [-0.39, 0.29) is 5.91 Å². The smallest absolute Gasteiger partial charge is 0.257 e. The van der Waals surface area contributed by atoms with Gasteiger partial charge in [0.1, 0.15) is 11.5 Å². The van der Waals surface area contributed by atoms with Crippen molar-refractivity contribution >= 4 is 29.1 Å². The van der Waals surface area contributed by atoms with Crippen molar-refractivity contribution < 1.29 is 9.53 Å². The van der Waals surface area contributed by atoms with Crippen LogP contribution in [0.1, 0.15) is 23.2 Å². The Hall–Kier alpha value is -1.75. The molecular weight excluding hydrogens is 371 g/mol. The van der Waals surface area contributed by atoms with Crippen LogP contribution < -0.4 is 10.1 Å². The van der Waals surface area contributed by atoms with Gasteiger partial charge < -0.3 is 15.0 Å². The van der Waals surface area contributed by atoms with Gasteiger partial charge in [0.05, 0.1) is 10.6 Å². The molecular formula is C20H22Cl2N2O2. The molecule has 1 amide bonds. The standard InChI is InChI=1S/C20H22Cl2N2O2/c1-23-13-14-8-10-24(11-9-14)20(25)16-4-2-3-5-18(16)26-19-7-6-15(21)12-17(19)22/h2-7,12,14,23H,8-11,13H2,1H3. The summed E-state index contributed by atoms with van der Waals surface area (Å²) in [5.41, 5.74) is 0.547. The summed E-state index contributed by atoms with van der Waals surface area (Å²) in [4.78, 5) is 14.9. The van der Waals surface area contributed by atoms with Crippen LogP contribution in [0.5, 0.6) is 11.5 Å². The number of nitrogens with zero attached hydrogens (tertiary/aromatic N) is 1. The van der Waals surface area contributed by atoms with Crippen LogP contribution in [0.15, 0.2) is 42.5 Å². The summed E-state index contributed by atoms with van der Waals surface area (Å²) >= 11 is 12.1. The highest BCUT2D eigenvalue weighted by Gasteiger charge is 2.25. The van der Waals surface area contributed by atoms with Crippen LogP contribution in [-0.4, -0.2) is 37.5 Å². The molecule has 1 aliphatic heterocycles. The minimum Gasteiger partial charge on any atom is -0.455 e. The van der Waals surface area contributed by atoms with Crippen molar-refractivity contribution in [3.63, 3.8) is 0 Å². The van der Waals surface area contributed by atoms with Gasteiger partial charge in [-0.1, -0.05) is 35.3 Å². The quantitative estimate of drug-likeness (QED) is 0.789. The highest BCUT2D eigenvalue weighted by Crippen LogP contribution is 2.33. The number of hydrogen-bond acceptors (Lipinski definition) is 3. The summed E-state index contributed by atoms with van der Waals surface area (Å²) in [6.45, 7) is 2.53. The maximum absolute atomic E-state index is 13.0. The lowest BCUT2D eigenvalue weighted by molar-refractivity contribution is 0.0688. The maximum Gasteiger partial charge on any atom is 0.257 e. The van der Waals surface area contributed by atoms with Crippen molar-refractivity contribution in [2.45, 2.75) is 12.8 Å². The summed E-state index contributed by atoms with van der Waals surface area (Å²) in [7, 11) is 1.97. The maximum atomic E-state index is 13.0.